The second kappa shape index (κ2) is 11.1. The molecule has 13 heteroatoms. The van der Waals surface area contributed by atoms with E-state index in [1.807, 2.05) is 32.0 Å². The number of nitrogens with zero attached hydrogens (tertiary/aromatic N) is 4. The van der Waals surface area contributed by atoms with Gasteiger partial charge in [-0.05, 0) is 43.7 Å². The average Bonchev–Trinajstić information content (AvgIpc) is 3.24. The van der Waals surface area contributed by atoms with E-state index in [0.29, 0.717) is 16.5 Å². The zero-order valence-electron chi connectivity index (χ0n) is 19.3. The lowest BCUT2D eigenvalue weighted by molar-refractivity contribution is -0.384. The Morgan fingerprint density at radius 3 is 2.49 bits per heavy atom. The molecule has 4 rings (SSSR count). The van der Waals surface area contributed by atoms with Gasteiger partial charge >= 0.3 is 0 Å². The summed E-state index contributed by atoms with van der Waals surface area (Å²) >= 11 is 16.8. The highest BCUT2D eigenvalue weighted by atomic mass is 79.9. The number of nitrogens with one attached hydrogen (secondary N) is 1. The molecular formula is C24H18BrCl2N5O4S. The Balaban J connectivity index is 1.66. The maximum atomic E-state index is 12.8. The quantitative estimate of drug-likeness (QED) is 0.130. The van der Waals surface area contributed by atoms with E-state index in [2.05, 4.69) is 31.4 Å². The first-order valence-corrected chi connectivity index (χ1v) is 13.2. The SMILES string of the molecule is Cc1ccc(-n2c(SCC(=O)Nc3c(Cl)cc([N+](=O)[O-])cc3Cl)nnc2-c2cc(Br)ccc2O)c(C)c1. The summed E-state index contributed by atoms with van der Waals surface area (Å²) in [5, 5.41) is 33.0. The number of amides is 1. The molecule has 4 aromatic rings. The average molecular weight is 623 g/mol. The minimum absolute atomic E-state index is 0.0263. The van der Waals surface area contributed by atoms with E-state index in [1.165, 1.54) is 0 Å². The highest BCUT2D eigenvalue weighted by molar-refractivity contribution is 9.10. The van der Waals surface area contributed by atoms with E-state index in [1.54, 1.807) is 22.8 Å². The Morgan fingerprint density at radius 2 is 1.84 bits per heavy atom. The van der Waals surface area contributed by atoms with Crippen LogP contribution < -0.4 is 5.32 Å². The van der Waals surface area contributed by atoms with Crippen LogP contribution in [0.5, 0.6) is 5.75 Å². The van der Waals surface area contributed by atoms with E-state index in [4.69, 9.17) is 23.2 Å². The summed E-state index contributed by atoms with van der Waals surface area (Å²) in [6, 6.07) is 13.1. The van der Waals surface area contributed by atoms with Crippen molar-refractivity contribution in [1.29, 1.82) is 0 Å². The maximum absolute atomic E-state index is 12.8. The molecule has 1 heterocycles. The molecule has 9 nitrogen and oxygen atoms in total. The van der Waals surface area contributed by atoms with Gasteiger partial charge in [-0.25, -0.2) is 0 Å². The molecule has 190 valence electrons. The van der Waals surface area contributed by atoms with Gasteiger partial charge in [0.05, 0.1) is 37.7 Å². The summed E-state index contributed by atoms with van der Waals surface area (Å²) in [5.41, 5.74) is 3.07. The van der Waals surface area contributed by atoms with Crippen molar-refractivity contribution < 1.29 is 14.8 Å². The summed E-state index contributed by atoms with van der Waals surface area (Å²) in [4.78, 5) is 23.1. The number of non-ortho nitro benzene ring substituents is 1. The summed E-state index contributed by atoms with van der Waals surface area (Å²) in [7, 11) is 0. The number of benzene rings is 3. The molecule has 0 aliphatic rings. The van der Waals surface area contributed by atoms with Crippen LogP contribution in [0.25, 0.3) is 17.1 Å². The molecule has 0 unspecified atom stereocenters. The zero-order valence-corrected chi connectivity index (χ0v) is 23.2. The number of thioether (sulfide) groups is 1. The molecule has 0 atom stereocenters. The van der Waals surface area contributed by atoms with Crippen molar-refractivity contribution in [3.63, 3.8) is 0 Å². The molecule has 0 saturated carbocycles. The standard InChI is InChI=1S/C24H18BrCl2N5O4S/c1-12-3-5-19(13(2)7-12)31-23(16-8-14(25)4-6-20(16)33)29-30-24(31)37-11-21(34)28-22-17(26)9-15(32(35)36)10-18(22)27/h3-10,33H,11H2,1-2H3,(H,28,34). The maximum Gasteiger partial charge on any atom is 0.272 e. The molecular weight excluding hydrogens is 605 g/mol. The number of hydrogen-bond acceptors (Lipinski definition) is 7. The minimum atomic E-state index is -0.625. The summed E-state index contributed by atoms with van der Waals surface area (Å²) in [5.74, 6) is -0.116. The van der Waals surface area contributed by atoms with Crippen LogP contribution in [-0.2, 0) is 4.79 Å². The van der Waals surface area contributed by atoms with Gasteiger partial charge in [0, 0.05) is 16.6 Å². The molecule has 0 radical (unpaired) electrons. The number of phenolic OH excluding ortho intramolecular Hbond substituents is 1. The van der Waals surface area contributed by atoms with Gasteiger partial charge in [-0.2, -0.15) is 0 Å². The number of carbonyl (C=O) groups excluding carboxylic acids is 1. The van der Waals surface area contributed by atoms with Crippen molar-refractivity contribution in [2.24, 2.45) is 0 Å². The molecule has 2 N–H and O–H groups in total. The number of nitro benzene ring substituents is 1. The number of aromatic nitrogens is 3. The normalized spacial score (nSPS) is 10.9. The van der Waals surface area contributed by atoms with Crippen LogP contribution in [-0.4, -0.2) is 36.5 Å². The predicted octanol–water partition coefficient (Wildman–Crippen LogP) is 6.97. The molecule has 37 heavy (non-hydrogen) atoms. The second-order valence-corrected chi connectivity index (χ2v) is 10.6. The Labute approximate surface area is 234 Å². The first-order chi connectivity index (χ1) is 17.5. The Morgan fingerprint density at radius 1 is 1.14 bits per heavy atom. The number of hydrogen-bond donors (Lipinski definition) is 2. The molecule has 0 aliphatic carbocycles. The predicted molar refractivity (Wildman–Crippen MR) is 148 cm³/mol. The fourth-order valence-corrected chi connectivity index (χ4v) is 5.26. The van der Waals surface area contributed by atoms with Crippen molar-refractivity contribution in [2.45, 2.75) is 19.0 Å². The van der Waals surface area contributed by atoms with Crippen molar-refractivity contribution in [1.82, 2.24) is 14.8 Å². The van der Waals surface area contributed by atoms with Gasteiger partial charge in [0.15, 0.2) is 11.0 Å². The first kappa shape index (κ1) is 26.9. The van der Waals surface area contributed by atoms with Gasteiger partial charge in [-0.3, -0.25) is 19.5 Å². The first-order valence-electron chi connectivity index (χ1n) is 10.6. The number of rotatable bonds is 7. The van der Waals surface area contributed by atoms with Crippen molar-refractivity contribution in [3.8, 4) is 22.8 Å². The van der Waals surface area contributed by atoms with E-state index in [0.717, 1.165) is 45.2 Å². The molecule has 1 aromatic heterocycles. The van der Waals surface area contributed by atoms with E-state index in [9.17, 15) is 20.0 Å². The number of nitro groups is 1. The monoisotopic (exact) mass is 621 g/mol. The Bertz CT molecular complexity index is 1520. The number of halogens is 3. The Kier molecular flexibility index (Phi) is 8.08. The number of aryl methyl sites for hydroxylation is 2. The van der Waals surface area contributed by atoms with Gasteiger partial charge in [0.1, 0.15) is 5.75 Å². The van der Waals surface area contributed by atoms with Crippen LogP contribution in [0.1, 0.15) is 11.1 Å². The highest BCUT2D eigenvalue weighted by Crippen LogP contribution is 2.37. The third kappa shape index (κ3) is 5.90. The topological polar surface area (TPSA) is 123 Å². The molecule has 3 aromatic carbocycles. The van der Waals surface area contributed by atoms with Crippen LogP contribution >= 0.6 is 50.9 Å². The number of aromatic hydroxyl groups is 1. The molecule has 0 bridgehead atoms. The van der Waals surface area contributed by atoms with Crippen LogP contribution in [0.2, 0.25) is 10.0 Å². The number of phenols is 1. The number of carbonyl (C=O) groups is 1. The van der Waals surface area contributed by atoms with Crippen molar-refractivity contribution in [3.05, 3.63) is 84.3 Å². The van der Waals surface area contributed by atoms with E-state index >= 15 is 0 Å². The largest absolute Gasteiger partial charge is 0.507 e. The third-order valence-electron chi connectivity index (χ3n) is 5.26. The van der Waals surface area contributed by atoms with E-state index < -0.39 is 10.8 Å². The van der Waals surface area contributed by atoms with Crippen LogP contribution in [0, 0.1) is 24.0 Å². The number of anilines is 1. The lowest BCUT2D eigenvalue weighted by atomic mass is 10.1. The fourth-order valence-electron chi connectivity index (χ4n) is 3.59. The van der Waals surface area contributed by atoms with Gasteiger partial charge in [-0.15, -0.1) is 10.2 Å². The lowest BCUT2D eigenvalue weighted by Gasteiger charge is -2.14. The van der Waals surface area contributed by atoms with E-state index in [-0.39, 0.29) is 32.9 Å². The van der Waals surface area contributed by atoms with Crippen molar-refractivity contribution in [2.75, 3.05) is 11.1 Å². The lowest BCUT2D eigenvalue weighted by Crippen LogP contribution is -2.15. The molecule has 0 fully saturated rings. The molecule has 0 saturated heterocycles. The summed E-state index contributed by atoms with van der Waals surface area (Å²) < 4.78 is 2.53. The molecule has 1 amide bonds. The zero-order chi connectivity index (χ0) is 26.9. The van der Waals surface area contributed by atoms with Crippen molar-refractivity contribution >= 4 is 68.2 Å². The Hall–Kier alpha value is -3.12. The van der Waals surface area contributed by atoms with Crippen LogP contribution in [0.4, 0.5) is 11.4 Å². The molecule has 0 aliphatic heterocycles. The fraction of sp³-hybridized carbons (Fsp3) is 0.125. The van der Waals surface area contributed by atoms with Gasteiger partial charge in [-0.1, -0.05) is 68.6 Å². The molecule has 0 spiro atoms. The second-order valence-electron chi connectivity index (χ2n) is 7.97. The van der Waals surface area contributed by atoms with Gasteiger partial charge in [0.2, 0.25) is 5.91 Å². The van der Waals surface area contributed by atoms with Crippen LogP contribution in [0.3, 0.4) is 0 Å². The third-order valence-corrected chi connectivity index (χ3v) is 7.28. The summed E-state index contributed by atoms with van der Waals surface area (Å²) in [6.07, 6.45) is 0. The summed E-state index contributed by atoms with van der Waals surface area (Å²) in [6.45, 7) is 3.94. The minimum Gasteiger partial charge on any atom is -0.507 e. The smallest absolute Gasteiger partial charge is 0.272 e. The van der Waals surface area contributed by atoms with Gasteiger partial charge in [0.25, 0.3) is 5.69 Å². The van der Waals surface area contributed by atoms with Gasteiger partial charge < -0.3 is 10.4 Å². The van der Waals surface area contributed by atoms with Crippen LogP contribution in [0.15, 0.2) is 58.2 Å². The highest BCUT2D eigenvalue weighted by Gasteiger charge is 2.22.